The largest absolute Gasteiger partial charge is 0.481 e. The molecule has 0 saturated heterocycles. The lowest BCUT2D eigenvalue weighted by molar-refractivity contribution is -0.137. The highest BCUT2D eigenvalue weighted by atomic mass is 16.4. The molecule has 0 unspecified atom stereocenters. The molecule has 0 fully saturated rings. The molecule has 1 N–H and O–H groups in total. The summed E-state index contributed by atoms with van der Waals surface area (Å²) in [6.07, 6.45) is -0.117. The van der Waals surface area contributed by atoms with Crippen molar-refractivity contribution >= 4 is 17.7 Å². The molecule has 0 aromatic carbocycles. The minimum Gasteiger partial charge on any atom is -0.481 e. The second-order valence-corrected chi connectivity index (χ2v) is 5.42. The Kier molecular flexibility index (Phi) is 4.39. The second kappa shape index (κ2) is 6.08. The van der Waals surface area contributed by atoms with Gasteiger partial charge in [-0.1, -0.05) is 0 Å². The van der Waals surface area contributed by atoms with Crippen molar-refractivity contribution in [3.8, 4) is 0 Å². The molecule has 22 heavy (non-hydrogen) atoms. The van der Waals surface area contributed by atoms with E-state index < -0.39 is 5.97 Å². The minimum absolute atomic E-state index is 0.0280. The Hall–Kier alpha value is -2.51. The number of fused-ring (bicyclic) bond motifs is 1. The highest BCUT2D eigenvalue weighted by Crippen LogP contribution is 2.10. The summed E-state index contributed by atoms with van der Waals surface area (Å²) in [6.45, 7) is 7.46. The first-order valence-corrected chi connectivity index (χ1v) is 7.03. The lowest BCUT2D eigenvalue weighted by Gasteiger charge is -2.24. The maximum atomic E-state index is 12.5. The van der Waals surface area contributed by atoms with Gasteiger partial charge in [-0.15, -0.1) is 5.10 Å². The molecule has 0 aliphatic carbocycles. The standard InChI is InChI=1S/C14H19N5O3/c1-8(2)18(6-5-11(20)21)13(22)12-16-14-15-9(3)7-10(4)19(14)17-12/h7-8H,5-6H2,1-4H3,(H,20,21). The van der Waals surface area contributed by atoms with E-state index in [1.54, 1.807) is 0 Å². The highest BCUT2D eigenvalue weighted by Gasteiger charge is 2.24. The maximum Gasteiger partial charge on any atom is 0.305 e. The molecular weight excluding hydrogens is 286 g/mol. The predicted octanol–water partition coefficient (Wildman–Crippen LogP) is 1.07. The van der Waals surface area contributed by atoms with Crippen LogP contribution >= 0.6 is 0 Å². The van der Waals surface area contributed by atoms with Gasteiger partial charge in [0, 0.05) is 24.0 Å². The first-order valence-electron chi connectivity index (χ1n) is 7.03. The Labute approximate surface area is 127 Å². The fourth-order valence-corrected chi connectivity index (χ4v) is 2.20. The van der Waals surface area contributed by atoms with Gasteiger partial charge in [-0.3, -0.25) is 9.59 Å². The van der Waals surface area contributed by atoms with Crippen LogP contribution in [-0.2, 0) is 4.79 Å². The van der Waals surface area contributed by atoms with E-state index in [-0.39, 0.29) is 30.7 Å². The van der Waals surface area contributed by atoms with Crippen LogP contribution in [0.25, 0.3) is 5.78 Å². The first kappa shape index (κ1) is 15.9. The number of amides is 1. The van der Waals surface area contributed by atoms with Crippen molar-refractivity contribution in [2.75, 3.05) is 6.54 Å². The summed E-state index contributed by atoms with van der Waals surface area (Å²) >= 11 is 0. The second-order valence-electron chi connectivity index (χ2n) is 5.42. The number of carbonyl (C=O) groups is 2. The van der Waals surface area contributed by atoms with Crippen molar-refractivity contribution < 1.29 is 14.7 Å². The molecule has 0 saturated carbocycles. The normalized spacial score (nSPS) is 11.1. The predicted molar refractivity (Wildman–Crippen MR) is 78.7 cm³/mol. The Morgan fingerprint density at radius 1 is 1.32 bits per heavy atom. The van der Waals surface area contributed by atoms with Crippen molar-refractivity contribution in [3.63, 3.8) is 0 Å². The highest BCUT2D eigenvalue weighted by molar-refractivity contribution is 5.91. The number of hydrogen-bond donors (Lipinski definition) is 1. The Morgan fingerprint density at radius 3 is 2.59 bits per heavy atom. The van der Waals surface area contributed by atoms with Crippen LogP contribution < -0.4 is 0 Å². The molecule has 1 amide bonds. The molecule has 0 bridgehead atoms. The van der Waals surface area contributed by atoms with Crippen LogP contribution in [0.15, 0.2) is 6.07 Å². The van der Waals surface area contributed by atoms with E-state index in [0.717, 1.165) is 11.4 Å². The molecule has 0 aliphatic heterocycles. The first-order chi connectivity index (χ1) is 10.3. The van der Waals surface area contributed by atoms with Gasteiger partial charge in [-0.25, -0.2) is 9.50 Å². The van der Waals surface area contributed by atoms with Gasteiger partial charge in [0.05, 0.1) is 6.42 Å². The summed E-state index contributed by atoms with van der Waals surface area (Å²) < 4.78 is 1.51. The van der Waals surface area contributed by atoms with Crippen molar-refractivity contribution in [1.82, 2.24) is 24.5 Å². The van der Waals surface area contributed by atoms with Crippen molar-refractivity contribution in [3.05, 3.63) is 23.3 Å². The van der Waals surface area contributed by atoms with Crippen LogP contribution in [0.4, 0.5) is 0 Å². The molecule has 0 aliphatic rings. The van der Waals surface area contributed by atoms with Gasteiger partial charge < -0.3 is 10.0 Å². The third-order valence-corrected chi connectivity index (χ3v) is 3.26. The number of aromatic nitrogens is 4. The topological polar surface area (TPSA) is 101 Å². The number of nitrogens with zero attached hydrogens (tertiary/aromatic N) is 5. The number of carbonyl (C=O) groups excluding carboxylic acids is 1. The Bertz CT molecular complexity index is 723. The van der Waals surface area contributed by atoms with E-state index in [9.17, 15) is 9.59 Å². The van der Waals surface area contributed by atoms with Gasteiger partial charge in [0.1, 0.15) is 0 Å². The summed E-state index contributed by atoms with van der Waals surface area (Å²) in [6, 6.07) is 1.70. The molecule has 0 atom stereocenters. The molecule has 118 valence electrons. The van der Waals surface area contributed by atoms with Crippen molar-refractivity contribution in [1.29, 1.82) is 0 Å². The monoisotopic (exact) mass is 305 g/mol. The Morgan fingerprint density at radius 2 is 2.00 bits per heavy atom. The smallest absolute Gasteiger partial charge is 0.305 e. The van der Waals surface area contributed by atoms with Gasteiger partial charge in [-0.05, 0) is 33.8 Å². The fourth-order valence-electron chi connectivity index (χ4n) is 2.20. The van der Waals surface area contributed by atoms with Crippen LogP contribution in [0, 0.1) is 13.8 Å². The quantitative estimate of drug-likeness (QED) is 0.886. The van der Waals surface area contributed by atoms with Crippen molar-refractivity contribution in [2.45, 2.75) is 40.2 Å². The number of aryl methyl sites for hydroxylation is 2. The molecule has 2 heterocycles. The number of carboxylic acid groups (broad SMARTS) is 1. The number of hydrogen-bond acceptors (Lipinski definition) is 5. The zero-order valence-electron chi connectivity index (χ0n) is 13.1. The molecule has 2 aromatic rings. The van der Waals surface area contributed by atoms with E-state index in [1.807, 2.05) is 33.8 Å². The van der Waals surface area contributed by atoms with Gasteiger partial charge in [-0.2, -0.15) is 4.98 Å². The molecule has 0 spiro atoms. The number of aliphatic carboxylic acids is 1. The zero-order chi connectivity index (χ0) is 16.4. The molecular formula is C14H19N5O3. The summed E-state index contributed by atoms with van der Waals surface area (Å²) in [5.41, 5.74) is 1.62. The number of rotatable bonds is 5. The minimum atomic E-state index is -0.949. The molecule has 0 radical (unpaired) electrons. The van der Waals surface area contributed by atoms with E-state index >= 15 is 0 Å². The number of carboxylic acids is 1. The lowest BCUT2D eigenvalue weighted by Crippen LogP contribution is -2.39. The van der Waals surface area contributed by atoms with Gasteiger partial charge in [0.25, 0.3) is 11.7 Å². The summed E-state index contributed by atoms with van der Waals surface area (Å²) in [4.78, 5) is 33.1. The van der Waals surface area contributed by atoms with Crippen LogP contribution in [0.1, 0.15) is 42.3 Å². The maximum absolute atomic E-state index is 12.5. The van der Waals surface area contributed by atoms with Gasteiger partial charge in [0.15, 0.2) is 0 Å². The van der Waals surface area contributed by atoms with E-state index in [4.69, 9.17) is 5.11 Å². The molecule has 8 heteroatoms. The van der Waals surface area contributed by atoms with Gasteiger partial charge >= 0.3 is 5.97 Å². The third-order valence-electron chi connectivity index (χ3n) is 3.26. The van der Waals surface area contributed by atoms with Crippen LogP contribution in [0.2, 0.25) is 0 Å². The summed E-state index contributed by atoms with van der Waals surface area (Å²) in [5.74, 6) is -0.948. The third kappa shape index (κ3) is 3.21. The SMILES string of the molecule is Cc1cc(C)n2nc(C(=O)N(CCC(=O)O)C(C)C)nc2n1. The van der Waals surface area contributed by atoms with E-state index in [2.05, 4.69) is 15.1 Å². The summed E-state index contributed by atoms with van der Waals surface area (Å²) in [5, 5.41) is 13.0. The fraction of sp³-hybridized carbons (Fsp3) is 0.500. The zero-order valence-corrected chi connectivity index (χ0v) is 13.1. The van der Waals surface area contributed by atoms with E-state index in [1.165, 1.54) is 9.42 Å². The molecule has 2 aromatic heterocycles. The lowest BCUT2D eigenvalue weighted by atomic mass is 10.2. The Balaban J connectivity index is 2.34. The van der Waals surface area contributed by atoms with E-state index in [0.29, 0.717) is 5.78 Å². The molecule has 8 nitrogen and oxygen atoms in total. The van der Waals surface area contributed by atoms with Crippen LogP contribution in [0.3, 0.4) is 0 Å². The summed E-state index contributed by atoms with van der Waals surface area (Å²) in [7, 11) is 0. The van der Waals surface area contributed by atoms with Crippen LogP contribution in [-0.4, -0.2) is 54.1 Å². The average molecular weight is 305 g/mol. The van der Waals surface area contributed by atoms with Gasteiger partial charge in [0.2, 0.25) is 5.82 Å². The van der Waals surface area contributed by atoms with Crippen molar-refractivity contribution in [2.24, 2.45) is 0 Å². The molecule has 2 rings (SSSR count). The van der Waals surface area contributed by atoms with Crippen LogP contribution in [0.5, 0.6) is 0 Å². The average Bonchev–Trinajstić information content (AvgIpc) is 2.82.